The molecule has 0 spiro atoms. The van der Waals surface area contributed by atoms with Crippen molar-refractivity contribution in [3.8, 4) is 5.75 Å². The molecule has 0 saturated carbocycles. The molecule has 142 valence electrons. The number of amides is 1. The molecule has 1 saturated heterocycles. The fourth-order valence-electron chi connectivity index (χ4n) is 2.10. The zero-order valence-electron chi connectivity index (χ0n) is 13.5. The van der Waals surface area contributed by atoms with Crippen LogP contribution in [0.15, 0.2) is 44.8 Å². The lowest BCUT2D eigenvalue weighted by molar-refractivity contribution is -0.402. The number of rotatable bonds is 5. The summed E-state index contributed by atoms with van der Waals surface area (Å²) < 4.78 is 4.97. The molecule has 0 radical (unpaired) electrons. The smallest absolute Gasteiger partial charge is 0.433 e. The van der Waals surface area contributed by atoms with Gasteiger partial charge < -0.3 is 9.52 Å². The minimum atomic E-state index is -0.717. The van der Waals surface area contributed by atoms with Crippen LogP contribution in [0.25, 0.3) is 6.08 Å². The van der Waals surface area contributed by atoms with E-state index in [-0.39, 0.29) is 32.0 Å². The first-order valence-electron chi connectivity index (χ1n) is 7.30. The zero-order chi connectivity index (χ0) is 20.4. The van der Waals surface area contributed by atoms with E-state index in [4.69, 9.17) is 16.6 Å². The van der Waals surface area contributed by atoms with E-state index in [9.17, 15) is 30.1 Å². The van der Waals surface area contributed by atoms with Crippen LogP contribution in [0.5, 0.6) is 5.75 Å². The van der Waals surface area contributed by atoms with Crippen LogP contribution in [-0.2, 0) is 4.79 Å². The normalized spacial score (nSPS) is 15.7. The number of hydrazone groups is 1. The van der Waals surface area contributed by atoms with Crippen molar-refractivity contribution in [1.82, 2.24) is 5.01 Å². The van der Waals surface area contributed by atoms with E-state index in [1.807, 2.05) is 0 Å². The molecular weight excluding hydrogens is 412 g/mol. The number of aromatic hydroxyl groups is 1. The van der Waals surface area contributed by atoms with Gasteiger partial charge in [-0.05, 0) is 30.4 Å². The van der Waals surface area contributed by atoms with E-state index in [2.05, 4.69) is 5.10 Å². The first-order chi connectivity index (χ1) is 13.3. The third-order valence-corrected chi connectivity index (χ3v) is 4.66. The van der Waals surface area contributed by atoms with Gasteiger partial charge in [0.1, 0.15) is 10.7 Å². The zero-order valence-corrected chi connectivity index (χ0v) is 15.2. The second-order valence-corrected chi connectivity index (χ2v) is 6.85. The highest BCUT2D eigenvalue weighted by atomic mass is 32.2. The summed E-state index contributed by atoms with van der Waals surface area (Å²) >= 11 is 5.96. The largest absolute Gasteiger partial charge is 0.507 e. The number of furan rings is 1. The first kappa shape index (κ1) is 19.2. The van der Waals surface area contributed by atoms with E-state index in [1.165, 1.54) is 12.1 Å². The van der Waals surface area contributed by atoms with E-state index >= 15 is 0 Å². The molecule has 0 unspecified atom stereocenters. The fourth-order valence-corrected chi connectivity index (χ4v) is 3.26. The van der Waals surface area contributed by atoms with Gasteiger partial charge in [-0.3, -0.25) is 25.0 Å². The molecule has 0 aliphatic carbocycles. The topological polar surface area (TPSA) is 152 Å². The molecule has 1 aliphatic rings. The maximum absolute atomic E-state index is 12.5. The minimum absolute atomic E-state index is 0.0426. The highest BCUT2D eigenvalue weighted by Gasteiger charge is 2.32. The van der Waals surface area contributed by atoms with Gasteiger partial charge in [-0.15, -0.1) is 0 Å². The number of hydrogen-bond donors (Lipinski definition) is 1. The molecule has 1 aromatic carbocycles. The van der Waals surface area contributed by atoms with Gasteiger partial charge in [0.15, 0.2) is 10.1 Å². The molecular formula is C15H8N4O7S2. The molecule has 1 N–H and O–H groups in total. The van der Waals surface area contributed by atoms with Gasteiger partial charge in [0, 0.05) is 17.7 Å². The van der Waals surface area contributed by atoms with Gasteiger partial charge in [0.05, 0.1) is 22.1 Å². The second kappa shape index (κ2) is 7.58. The Balaban J connectivity index is 1.84. The van der Waals surface area contributed by atoms with Crippen molar-refractivity contribution in [2.24, 2.45) is 5.10 Å². The highest BCUT2D eigenvalue weighted by molar-refractivity contribution is 8.26. The van der Waals surface area contributed by atoms with Gasteiger partial charge in [0.2, 0.25) is 0 Å². The van der Waals surface area contributed by atoms with Crippen LogP contribution in [0.1, 0.15) is 11.3 Å². The molecule has 2 aromatic rings. The lowest BCUT2D eigenvalue weighted by atomic mass is 10.1. The average molecular weight is 420 g/mol. The Morgan fingerprint density at radius 1 is 1.21 bits per heavy atom. The molecule has 1 amide bonds. The van der Waals surface area contributed by atoms with E-state index in [0.29, 0.717) is 0 Å². The van der Waals surface area contributed by atoms with Gasteiger partial charge in [-0.1, -0.05) is 11.8 Å². The maximum atomic E-state index is 12.5. The number of benzene rings is 1. The first-order valence-corrected chi connectivity index (χ1v) is 8.52. The number of non-ortho nitro benzene ring substituents is 1. The fraction of sp³-hybridized carbons (Fsp3) is 0. The monoisotopic (exact) mass is 420 g/mol. The third kappa shape index (κ3) is 3.89. The molecule has 3 rings (SSSR count). The summed E-state index contributed by atoms with van der Waals surface area (Å²) in [6, 6.07) is 5.83. The number of nitro benzene ring substituents is 1. The molecule has 13 heteroatoms. The molecule has 1 fully saturated rings. The molecule has 0 atom stereocenters. The van der Waals surface area contributed by atoms with E-state index in [1.54, 1.807) is 0 Å². The second-order valence-electron chi connectivity index (χ2n) is 5.17. The predicted molar refractivity (Wildman–Crippen MR) is 103 cm³/mol. The number of hydrogen-bond acceptors (Lipinski definition) is 10. The van der Waals surface area contributed by atoms with Crippen LogP contribution in [0, 0.1) is 20.2 Å². The minimum Gasteiger partial charge on any atom is -0.507 e. The van der Waals surface area contributed by atoms with Crippen LogP contribution in [0.3, 0.4) is 0 Å². The summed E-state index contributed by atoms with van der Waals surface area (Å²) in [5.41, 5.74) is -0.183. The van der Waals surface area contributed by atoms with Gasteiger partial charge in [0.25, 0.3) is 11.6 Å². The SMILES string of the molecule is O=C1/C(=C\c2cc([N+](=O)[O-])ccc2O)SC(=S)N1/N=C/c1ccc([N+](=O)[O-])o1. The summed E-state index contributed by atoms with van der Waals surface area (Å²) in [5, 5.41) is 36.1. The lowest BCUT2D eigenvalue weighted by Gasteiger charge is -2.05. The Morgan fingerprint density at radius 2 is 1.96 bits per heavy atom. The number of phenols is 1. The number of phenolic OH excluding ortho intramolecular Hbond substituents is 1. The van der Waals surface area contributed by atoms with Gasteiger partial charge >= 0.3 is 5.88 Å². The molecule has 28 heavy (non-hydrogen) atoms. The molecule has 11 nitrogen and oxygen atoms in total. The van der Waals surface area contributed by atoms with Crippen molar-refractivity contribution in [3.63, 3.8) is 0 Å². The number of nitrogens with zero attached hydrogens (tertiary/aromatic N) is 4. The Bertz CT molecular complexity index is 1080. The summed E-state index contributed by atoms with van der Waals surface area (Å²) in [4.78, 5) is 32.7. The van der Waals surface area contributed by atoms with Crippen molar-refractivity contribution in [1.29, 1.82) is 0 Å². The molecule has 2 heterocycles. The van der Waals surface area contributed by atoms with Crippen molar-refractivity contribution < 1.29 is 24.2 Å². The Labute approximate surface area is 165 Å². The molecule has 1 aliphatic heterocycles. The number of carbonyl (C=O) groups excluding carboxylic acids is 1. The predicted octanol–water partition coefficient (Wildman–Crippen LogP) is 3.04. The maximum Gasteiger partial charge on any atom is 0.433 e. The van der Waals surface area contributed by atoms with Gasteiger partial charge in [-0.2, -0.15) is 10.1 Å². The van der Waals surface area contributed by atoms with Crippen LogP contribution >= 0.6 is 24.0 Å². The van der Waals surface area contributed by atoms with E-state index in [0.717, 1.165) is 47.3 Å². The quantitative estimate of drug-likeness (QED) is 0.253. The van der Waals surface area contributed by atoms with E-state index < -0.39 is 21.6 Å². The Hall–Kier alpha value is -3.58. The summed E-state index contributed by atoms with van der Waals surface area (Å²) in [6.07, 6.45) is 2.35. The summed E-state index contributed by atoms with van der Waals surface area (Å²) in [6.45, 7) is 0. The summed E-state index contributed by atoms with van der Waals surface area (Å²) in [7, 11) is 0. The van der Waals surface area contributed by atoms with Crippen LogP contribution in [0.2, 0.25) is 0 Å². The van der Waals surface area contributed by atoms with Crippen LogP contribution in [0.4, 0.5) is 11.6 Å². The molecule has 0 bridgehead atoms. The molecule has 1 aromatic heterocycles. The van der Waals surface area contributed by atoms with Crippen LogP contribution < -0.4 is 0 Å². The number of nitro groups is 2. The van der Waals surface area contributed by atoms with Crippen molar-refractivity contribution in [3.05, 3.63) is 66.8 Å². The van der Waals surface area contributed by atoms with Crippen LogP contribution in [-0.4, -0.2) is 36.4 Å². The lowest BCUT2D eigenvalue weighted by Crippen LogP contribution is -2.22. The summed E-state index contributed by atoms with van der Waals surface area (Å²) in [5.74, 6) is -1.31. The highest BCUT2D eigenvalue weighted by Crippen LogP contribution is 2.35. The average Bonchev–Trinajstić information content (AvgIpc) is 3.21. The third-order valence-electron chi connectivity index (χ3n) is 3.37. The standard InChI is InChI=1S/C15H8N4O7S2/c20-11-3-1-9(18(22)23)5-8(11)6-12-14(21)17(15(27)28-12)16-7-10-2-4-13(26-10)19(24)25/h1-7,20H/b12-6+,16-7+. The van der Waals surface area contributed by atoms with Gasteiger partial charge in [-0.25, -0.2) is 0 Å². The number of carbonyl (C=O) groups is 1. The number of thioether (sulfide) groups is 1. The number of thiocarbonyl (C=S) groups is 1. The van der Waals surface area contributed by atoms with Crippen molar-refractivity contribution >= 4 is 58.1 Å². The Kier molecular flexibility index (Phi) is 5.19. The van der Waals surface area contributed by atoms with Crippen molar-refractivity contribution in [2.75, 3.05) is 0 Å². The van der Waals surface area contributed by atoms with Crippen molar-refractivity contribution in [2.45, 2.75) is 0 Å². The Morgan fingerprint density at radius 3 is 2.61 bits per heavy atom.